The van der Waals surface area contributed by atoms with E-state index in [2.05, 4.69) is 12.1 Å². The third-order valence-electron chi connectivity index (χ3n) is 4.23. The number of hydrogen-bond donors (Lipinski definition) is 0. The van der Waals surface area contributed by atoms with Crippen LogP contribution in [0.4, 0.5) is 0 Å². The molecule has 0 fully saturated rings. The van der Waals surface area contributed by atoms with Crippen LogP contribution >= 0.6 is 0 Å². The molecular formula is C23H24O4S. The van der Waals surface area contributed by atoms with Crippen molar-refractivity contribution in [3.05, 3.63) is 95.6 Å². The van der Waals surface area contributed by atoms with Gasteiger partial charge in [-0.2, -0.15) is 8.42 Å². The first-order chi connectivity index (χ1) is 13.4. The molecule has 3 aromatic rings. The first-order valence-corrected chi connectivity index (χ1v) is 10.6. The lowest BCUT2D eigenvalue weighted by Gasteiger charge is -2.15. The first-order valence-electron chi connectivity index (χ1n) is 9.18. The second kappa shape index (κ2) is 9.04. The predicted octanol–water partition coefficient (Wildman–Crippen LogP) is 4.76. The van der Waals surface area contributed by atoms with Crippen molar-refractivity contribution >= 4 is 10.1 Å². The Kier molecular flexibility index (Phi) is 6.49. The standard InChI is InChI=1S/C23H24O4S/c1-18-11-13-23(14-12-18)28(24,25)27-19(2)17-26-22-10-6-9-21(16-22)15-20-7-4-3-5-8-20/h3-14,16,19H,15,17H2,1-2H3. The fraction of sp³-hybridized carbons (Fsp3) is 0.217. The number of benzene rings is 3. The Balaban J connectivity index is 1.57. The molecule has 0 N–H and O–H groups in total. The second-order valence-electron chi connectivity index (χ2n) is 6.79. The zero-order valence-electron chi connectivity index (χ0n) is 16.0. The molecule has 0 aliphatic heterocycles. The van der Waals surface area contributed by atoms with Crippen LogP contribution in [0.3, 0.4) is 0 Å². The molecule has 0 aliphatic carbocycles. The van der Waals surface area contributed by atoms with Crippen LogP contribution < -0.4 is 4.74 Å². The molecule has 0 saturated carbocycles. The van der Waals surface area contributed by atoms with Gasteiger partial charge in [-0.15, -0.1) is 0 Å². The summed E-state index contributed by atoms with van der Waals surface area (Å²) in [7, 11) is -3.81. The molecule has 0 radical (unpaired) electrons. The SMILES string of the molecule is Cc1ccc(S(=O)(=O)OC(C)COc2cccc(Cc3ccccc3)c2)cc1. The van der Waals surface area contributed by atoms with Crippen LogP contribution in [0.25, 0.3) is 0 Å². The Morgan fingerprint density at radius 2 is 1.54 bits per heavy atom. The minimum Gasteiger partial charge on any atom is -0.491 e. The lowest BCUT2D eigenvalue weighted by atomic mass is 10.1. The van der Waals surface area contributed by atoms with Gasteiger partial charge >= 0.3 is 0 Å². The lowest BCUT2D eigenvalue weighted by Crippen LogP contribution is -2.22. The molecule has 0 bridgehead atoms. The van der Waals surface area contributed by atoms with E-state index in [1.54, 1.807) is 31.2 Å². The van der Waals surface area contributed by atoms with Gasteiger partial charge in [0.2, 0.25) is 0 Å². The largest absolute Gasteiger partial charge is 0.491 e. The summed E-state index contributed by atoms with van der Waals surface area (Å²) in [5.41, 5.74) is 3.34. The van der Waals surface area contributed by atoms with Gasteiger partial charge in [0, 0.05) is 0 Å². The van der Waals surface area contributed by atoms with Gasteiger partial charge in [-0.3, -0.25) is 4.18 Å². The molecule has 0 heterocycles. The molecule has 0 aromatic heterocycles. The van der Waals surface area contributed by atoms with Gasteiger partial charge in [-0.1, -0.05) is 60.2 Å². The van der Waals surface area contributed by atoms with Gasteiger partial charge in [0.05, 0.1) is 4.90 Å². The number of ether oxygens (including phenoxy) is 1. The van der Waals surface area contributed by atoms with Crippen LogP contribution in [-0.4, -0.2) is 21.1 Å². The quantitative estimate of drug-likeness (QED) is 0.515. The van der Waals surface area contributed by atoms with Crippen molar-refractivity contribution < 1.29 is 17.3 Å². The van der Waals surface area contributed by atoms with E-state index >= 15 is 0 Å². The van der Waals surface area contributed by atoms with E-state index in [4.69, 9.17) is 8.92 Å². The fourth-order valence-electron chi connectivity index (χ4n) is 2.79. The van der Waals surface area contributed by atoms with Crippen LogP contribution in [0.5, 0.6) is 5.75 Å². The van der Waals surface area contributed by atoms with Crippen molar-refractivity contribution in [3.63, 3.8) is 0 Å². The summed E-state index contributed by atoms with van der Waals surface area (Å²) in [4.78, 5) is 0.148. The maximum atomic E-state index is 12.3. The highest BCUT2D eigenvalue weighted by Crippen LogP contribution is 2.19. The van der Waals surface area contributed by atoms with Crippen LogP contribution in [0.1, 0.15) is 23.6 Å². The van der Waals surface area contributed by atoms with Crippen LogP contribution in [0.2, 0.25) is 0 Å². The summed E-state index contributed by atoms with van der Waals surface area (Å²) < 4.78 is 35.7. The molecule has 1 atom stereocenters. The molecule has 1 unspecified atom stereocenters. The van der Waals surface area contributed by atoms with E-state index in [1.807, 2.05) is 49.4 Å². The van der Waals surface area contributed by atoms with E-state index in [0.717, 1.165) is 17.5 Å². The topological polar surface area (TPSA) is 52.6 Å². The summed E-state index contributed by atoms with van der Waals surface area (Å²) in [6.07, 6.45) is 0.204. The zero-order valence-corrected chi connectivity index (χ0v) is 16.9. The summed E-state index contributed by atoms with van der Waals surface area (Å²) in [5, 5.41) is 0. The number of hydrogen-bond acceptors (Lipinski definition) is 4. The molecule has 28 heavy (non-hydrogen) atoms. The Labute approximate surface area is 166 Å². The van der Waals surface area contributed by atoms with Crippen LogP contribution in [-0.2, 0) is 20.7 Å². The van der Waals surface area contributed by atoms with E-state index in [1.165, 1.54) is 5.56 Å². The molecule has 0 saturated heterocycles. The van der Waals surface area contributed by atoms with Gasteiger partial charge in [0.15, 0.2) is 0 Å². The third kappa shape index (κ3) is 5.68. The highest BCUT2D eigenvalue weighted by atomic mass is 32.2. The van der Waals surface area contributed by atoms with Crippen LogP contribution in [0, 0.1) is 6.92 Å². The smallest absolute Gasteiger partial charge is 0.297 e. The zero-order chi connectivity index (χ0) is 20.0. The molecule has 4 nitrogen and oxygen atoms in total. The van der Waals surface area contributed by atoms with E-state index in [-0.39, 0.29) is 11.5 Å². The van der Waals surface area contributed by atoms with E-state index < -0.39 is 16.2 Å². The highest BCUT2D eigenvalue weighted by molar-refractivity contribution is 7.86. The Bertz CT molecular complexity index is 996. The first kappa shape index (κ1) is 20.1. The summed E-state index contributed by atoms with van der Waals surface area (Å²) in [5.74, 6) is 0.691. The van der Waals surface area contributed by atoms with Crippen molar-refractivity contribution in [3.8, 4) is 5.75 Å². The van der Waals surface area contributed by atoms with Crippen molar-refractivity contribution in [2.45, 2.75) is 31.3 Å². The van der Waals surface area contributed by atoms with Gasteiger partial charge in [-0.05, 0) is 55.7 Å². The average Bonchev–Trinajstić information content (AvgIpc) is 2.67. The van der Waals surface area contributed by atoms with Crippen molar-refractivity contribution in [1.82, 2.24) is 0 Å². The van der Waals surface area contributed by atoms with Crippen molar-refractivity contribution in [1.29, 1.82) is 0 Å². The van der Waals surface area contributed by atoms with Gasteiger partial charge in [0.25, 0.3) is 10.1 Å². The van der Waals surface area contributed by atoms with E-state index in [9.17, 15) is 8.42 Å². The molecule has 0 spiro atoms. The molecule has 0 aliphatic rings. The molecule has 0 amide bonds. The Morgan fingerprint density at radius 3 is 2.25 bits per heavy atom. The highest BCUT2D eigenvalue weighted by Gasteiger charge is 2.19. The van der Waals surface area contributed by atoms with Gasteiger partial charge in [-0.25, -0.2) is 0 Å². The Hall–Kier alpha value is -2.63. The molecule has 3 rings (SSSR count). The van der Waals surface area contributed by atoms with Gasteiger partial charge in [0.1, 0.15) is 18.5 Å². The maximum Gasteiger partial charge on any atom is 0.297 e. The molecule has 3 aromatic carbocycles. The van der Waals surface area contributed by atoms with Gasteiger partial charge < -0.3 is 4.74 Å². The summed E-state index contributed by atoms with van der Waals surface area (Å²) >= 11 is 0. The monoisotopic (exact) mass is 396 g/mol. The summed E-state index contributed by atoms with van der Waals surface area (Å²) in [6, 6.07) is 24.6. The average molecular weight is 397 g/mol. The lowest BCUT2D eigenvalue weighted by molar-refractivity contribution is 0.149. The van der Waals surface area contributed by atoms with E-state index in [0.29, 0.717) is 5.75 Å². The minimum absolute atomic E-state index is 0.139. The molecule has 5 heteroatoms. The molecule has 146 valence electrons. The summed E-state index contributed by atoms with van der Waals surface area (Å²) in [6.45, 7) is 3.72. The van der Waals surface area contributed by atoms with Crippen molar-refractivity contribution in [2.75, 3.05) is 6.61 Å². The van der Waals surface area contributed by atoms with Crippen LogP contribution in [0.15, 0.2) is 83.8 Å². The second-order valence-corrected chi connectivity index (χ2v) is 8.37. The third-order valence-corrected chi connectivity index (χ3v) is 5.67. The maximum absolute atomic E-state index is 12.3. The molecular weight excluding hydrogens is 372 g/mol. The number of aryl methyl sites for hydroxylation is 1. The predicted molar refractivity (Wildman–Crippen MR) is 110 cm³/mol. The Morgan fingerprint density at radius 1 is 0.857 bits per heavy atom. The normalized spacial score (nSPS) is 12.5. The van der Waals surface area contributed by atoms with Crippen molar-refractivity contribution in [2.24, 2.45) is 0 Å². The number of rotatable bonds is 8. The fourth-order valence-corrected chi connectivity index (χ4v) is 3.86. The minimum atomic E-state index is -3.81.